The Morgan fingerprint density at radius 2 is 1.28 bits per heavy atom. The zero-order valence-electron chi connectivity index (χ0n) is 33.4. The van der Waals surface area contributed by atoms with Gasteiger partial charge in [-0.05, 0) is 166 Å². The first kappa shape index (κ1) is 33.3. The van der Waals surface area contributed by atoms with Crippen molar-refractivity contribution in [2.75, 3.05) is 4.90 Å². The molecule has 6 aromatic carbocycles. The quantitative estimate of drug-likeness (QED) is 0.178. The number of rotatable bonds is 4. The van der Waals surface area contributed by atoms with Crippen molar-refractivity contribution in [2.24, 2.45) is 29.1 Å². The van der Waals surface area contributed by atoms with E-state index in [1.54, 1.807) is 11.1 Å². The van der Waals surface area contributed by atoms with Crippen LogP contribution >= 0.6 is 11.8 Å². The van der Waals surface area contributed by atoms with Gasteiger partial charge >= 0.3 is 0 Å². The molecule has 4 fully saturated rings. The van der Waals surface area contributed by atoms with Gasteiger partial charge in [-0.25, -0.2) is 0 Å². The van der Waals surface area contributed by atoms with Crippen LogP contribution in [0.15, 0.2) is 142 Å². The van der Waals surface area contributed by atoms with Gasteiger partial charge in [0.25, 0.3) is 0 Å². The van der Waals surface area contributed by atoms with E-state index in [0.29, 0.717) is 5.41 Å². The standard InChI is InChI=1S/C54H49NOS/c1-51(2)24-25-52(3,4)44-30-37(20-22-41(44)51)55(36-21-23-46-40(29-36)39-10-5-7-14-45(39)56-46)35-18-16-33(17-19-35)38-11-9-13-43-50(38)57-47-15-8-6-12-42(47)54(43)48-27-32-26-34-28-49(54)53(34,48)31-32/h5-23,29-30,32,34,48-49H,24-28,31H2,1-4H3. The van der Waals surface area contributed by atoms with Crippen molar-refractivity contribution in [3.05, 3.63) is 150 Å². The lowest BCUT2D eigenvalue weighted by molar-refractivity contribution is -0.235. The molecule has 1 aromatic heterocycles. The number of benzene rings is 6. The second kappa shape index (κ2) is 11.1. The fraction of sp³-hybridized carbons (Fsp3) is 0.333. The van der Waals surface area contributed by atoms with Crippen molar-refractivity contribution in [1.29, 1.82) is 0 Å². The molecule has 0 amide bonds. The van der Waals surface area contributed by atoms with Gasteiger partial charge in [0.05, 0.1) is 0 Å². The highest BCUT2D eigenvalue weighted by molar-refractivity contribution is 7.99. The minimum absolute atomic E-state index is 0.111. The molecule has 0 N–H and O–H groups in total. The van der Waals surface area contributed by atoms with E-state index < -0.39 is 0 Å². The summed E-state index contributed by atoms with van der Waals surface area (Å²) in [5, 5.41) is 2.31. The molecule has 1 aliphatic heterocycles. The van der Waals surface area contributed by atoms with Crippen molar-refractivity contribution < 1.29 is 4.42 Å². The lowest BCUT2D eigenvalue weighted by Crippen LogP contribution is -2.74. The van der Waals surface area contributed by atoms with Gasteiger partial charge < -0.3 is 9.32 Å². The van der Waals surface area contributed by atoms with Gasteiger partial charge in [-0.1, -0.05) is 112 Å². The van der Waals surface area contributed by atoms with Crippen molar-refractivity contribution >= 4 is 50.8 Å². The molecule has 13 rings (SSSR count). The maximum atomic E-state index is 6.31. The number of anilines is 3. The van der Waals surface area contributed by atoms with E-state index in [1.165, 1.54) is 81.9 Å². The molecule has 4 saturated carbocycles. The van der Waals surface area contributed by atoms with E-state index in [1.807, 2.05) is 11.8 Å². The lowest BCUT2D eigenvalue weighted by atomic mass is 9.26. The summed E-state index contributed by atoms with van der Waals surface area (Å²) in [6.45, 7) is 9.69. The summed E-state index contributed by atoms with van der Waals surface area (Å²) >= 11 is 2.03. The van der Waals surface area contributed by atoms with Gasteiger partial charge in [-0.15, -0.1) is 0 Å². The smallest absolute Gasteiger partial charge is 0.135 e. The Labute approximate surface area is 340 Å². The molecule has 6 unspecified atom stereocenters. The monoisotopic (exact) mass is 759 g/mol. The zero-order valence-corrected chi connectivity index (χ0v) is 34.3. The third-order valence-corrected chi connectivity index (χ3v) is 17.9. The van der Waals surface area contributed by atoms with Crippen LogP contribution in [0.2, 0.25) is 0 Å². The number of nitrogens with zero attached hydrogens (tertiary/aromatic N) is 1. The SMILES string of the molecule is CC1(C)CCC(C)(C)c2cc(N(c3ccc(-c4cccc5c4Sc4ccccc4C54C5CC6CC7CC4C75C6)cc3)c3ccc4oc5ccccc5c4c3)ccc21. The Morgan fingerprint density at radius 3 is 2.14 bits per heavy atom. The van der Waals surface area contributed by atoms with E-state index >= 15 is 0 Å². The van der Waals surface area contributed by atoms with Gasteiger partial charge in [0.2, 0.25) is 0 Å². The molecule has 57 heavy (non-hydrogen) atoms. The maximum absolute atomic E-state index is 6.31. The van der Waals surface area contributed by atoms with Crippen LogP contribution in [0.4, 0.5) is 17.1 Å². The molecule has 282 valence electrons. The minimum atomic E-state index is 0.111. The maximum Gasteiger partial charge on any atom is 0.135 e. The highest BCUT2D eigenvalue weighted by Gasteiger charge is 2.84. The molecule has 6 atom stereocenters. The summed E-state index contributed by atoms with van der Waals surface area (Å²) in [5.74, 6) is 3.54. The van der Waals surface area contributed by atoms with Crippen LogP contribution in [0.1, 0.15) is 88.5 Å². The molecular formula is C54H49NOS. The van der Waals surface area contributed by atoms with Gasteiger partial charge in [0.1, 0.15) is 11.2 Å². The number of hydrogen-bond donors (Lipinski definition) is 0. The van der Waals surface area contributed by atoms with Gasteiger partial charge in [-0.3, -0.25) is 0 Å². The molecule has 3 heteroatoms. The number of fused-ring (bicyclic) bond motifs is 11. The van der Waals surface area contributed by atoms with Crippen LogP contribution in [-0.2, 0) is 16.2 Å². The van der Waals surface area contributed by atoms with Crippen LogP contribution in [0.5, 0.6) is 0 Å². The number of para-hydroxylation sites is 1. The van der Waals surface area contributed by atoms with E-state index in [9.17, 15) is 0 Å². The molecule has 0 radical (unpaired) electrons. The Balaban J connectivity index is 0.950. The molecule has 2 nitrogen and oxygen atoms in total. The first-order valence-corrected chi connectivity index (χ1v) is 22.4. The molecule has 2 bridgehead atoms. The summed E-state index contributed by atoms with van der Waals surface area (Å²) in [7, 11) is 0. The van der Waals surface area contributed by atoms with Crippen LogP contribution in [0.3, 0.4) is 0 Å². The molecular weight excluding hydrogens is 711 g/mol. The Hall–Kier alpha value is -4.73. The largest absolute Gasteiger partial charge is 0.456 e. The fourth-order valence-electron chi connectivity index (χ4n) is 14.1. The average Bonchev–Trinajstić information content (AvgIpc) is 3.89. The Bertz CT molecular complexity index is 2840. The summed E-state index contributed by atoms with van der Waals surface area (Å²) in [6.07, 6.45) is 8.26. The van der Waals surface area contributed by atoms with E-state index in [4.69, 9.17) is 4.42 Å². The fourth-order valence-corrected chi connectivity index (χ4v) is 15.5. The highest BCUT2D eigenvalue weighted by Crippen LogP contribution is 2.89. The van der Waals surface area contributed by atoms with E-state index in [2.05, 4.69) is 160 Å². The summed E-state index contributed by atoms with van der Waals surface area (Å²) < 4.78 is 6.31. The minimum Gasteiger partial charge on any atom is -0.456 e. The van der Waals surface area contributed by atoms with Gasteiger partial charge in [0, 0.05) is 43.0 Å². The molecule has 0 saturated heterocycles. The second-order valence-electron chi connectivity index (χ2n) is 20.0. The van der Waals surface area contributed by atoms with Gasteiger partial charge in [-0.2, -0.15) is 0 Å². The Morgan fingerprint density at radius 1 is 0.579 bits per heavy atom. The van der Waals surface area contributed by atoms with Crippen molar-refractivity contribution in [1.82, 2.24) is 0 Å². The predicted molar refractivity (Wildman–Crippen MR) is 235 cm³/mol. The molecule has 7 aromatic rings. The molecule has 6 aliphatic rings. The number of hydrogen-bond acceptors (Lipinski definition) is 3. The first-order chi connectivity index (χ1) is 27.7. The third kappa shape index (κ3) is 4.15. The molecule has 2 spiro atoms. The predicted octanol–water partition coefficient (Wildman–Crippen LogP) is 14.9. The van der Waals surface area contributed by atoms with E-state index in [0.717, 1.165) is 51.3 Å². The number of furan rings is 1. The van der Waals surface area contributed by atoms with Crippen LogP contribution < -0.4 is 4.90 Å². The molecule has 2 heterocycles. The lowest BCUT2D eigenvalue weighted by Gasteiger charge is -2.78. The summed E-state index contributed by atoms with van der Waals surface area (Å²) in [4.78, 5) is 5.46. The third-order valence-electron chi connectivity index (χ3n) is 16.7. The van der Waals surface area contributed by atoms with Crippen LogP contribution in [-0.4, -0.2) is 0 Å². The van der Waals surface area contributed by atoms with Crippen molar-refractivity contribution in [2.45, 2.75) is 92.3 Å². The molecule has 5 aliphatic carbocycles. The van der Waals surface area contributed by atoms with Gasteiger partial charge in [0.15, 0.2) is 0 Å². The average molecular weight is 760 g/mol. The van der Waals surface area contributed by atoms with Crippen molar-refractivity contribution in [3.8, 4) is 11.1 Å². The summed E-state index contributed by atoms with van der Waals surface area (Å²) in [6, 6.07) is 48.7. The highest BCUT2D eigenvalue weighted by atomic mass is 32.2. The first-order valence-electron chi connectivity index (χ1n) is 21.5. The van der Waals surface area contributed by atoms with Crippen molar-refractivity contribution in [3.63, 3.8) is 0 Å². The Kier molecular flexibility index (Phi) is 6.45. The normalized spacial score (nSPS) is 29.0. The van der Waals surface area contributed by atoms with Crippen LogP contribution in [0.25, 0.3) is 33.1 Å². The van der Waals surface area contributed by atoms with E-state index in [-0.39, 0.29) is 16.2 Å². The topological polar surface area (TPSA) is 16.4 Å². The van der Waals surface area contributed by atoms with Crippen LogP contribution in [0, 0.1) is 29.1 Å². The second-order valence-corrected chi connectivity index (χ2v) is 21.1. The zero-order chi connectivity index (χ0) is 38.1. The summed E-state index contributed by atoms with van der Waals surface area (Å²) in [5.41, 5.74) is 15.4.